The second kappa shape index (κ2) is 5.10. The second-order valence-electron chi connectivity index (χ2n) is 4.45. The molecule has 98 valence electrons. The molecule has 4 heteroatoms. The number of carbonyl (C=O) groups excluding carboxylic acids is 1. The summed E-state index contributed by atoms with van der Waals surface area (Å²) in [6.07, 6.45) is 0.618. The number of hydrogen-bond acceptors (Lipinski definition) is 2. The fourth-order valence-corrected chi connectivity index (χ4v) is 2.33. The molecule has 0 saturated heterocycles. The molecule has 1 heterocycles. The molecule has 2 rings (SSSR count). The summed E-state index contributed by atoms with van der Waals surface area (Å²) in [5.41, 5.74) is 2.73. The molecule has 0 saturated carbocycles. The highest BCUT2D eigenvalue weighted by Crippen LogP contribution is 2.22. The van der Waals surface area contributed by atoms with Crippen LogP contribution in [0.5, 0.6) is 0 Å². The molecule has 1 N–H and O–H groups in total. The van der Waals surface area contributed by atoms with E-state index in [4.69, 9.17) is 0 Å². The first kappa shape index (κ1) is 13.1. The van der Waals surface area contributed by atoms with Crippen LogP contribution in [0.25, 0.3) is 0 Å². The highest BCUT2D eigenvalue weighted by atomic mass is 16.4. The van der Waals surface area contributed by atoms with Gasteiger partial charge in [0.25, 0.3) is 0 Å². The number of aldehydes is 1. The topological polar surface area (TPSA) is 59.3 Å². The molecular weight excluding hydrogens is 242 g/mol. The Kier molecular flexibility index (Phi) is 3.51. The summed E-state index contributed by atoms with van der Waals surface area (Å²) in [5.74, 6) is -1.06. The number of hydrogen-bond donors (Lipinski definition) is 1. The van der Waals surface area contributed by atoms with Crippen LogP contribution in [0.4, 0.5) is 0 Å². The van der Waals surface area contributed by atoms with E-state index in [9.17, 15) is 14.7 Å². The molecular formula is C15H15NO3. The van der Waals surface area contributed by atoms with Crippen molar-refractivity contribution in [3.05, 3.63) is 58.4 Å². The molecule has 19 heavy (non-hydrogen) atoms. The largest absolute Gasteiger partial charge is 0.478 e. The lowest BCUT2D eigenvalue weighted by Gasteiger charge is -2.09. The van der Waals surface area contributed by atoms with Crippen LogP contribution in [0.15, 0.2) is 30.3 Å². The molecule has 0 fully saturated rings. The van der Waals surface area contributed by atoms with Crippen molar-refractivity contribution in [2.75, 3.05) is 0 Å². The van der Waals surface area contributed by atoms with Crippen molar-refractivity contribution in [3.63, 3.8) is 0 Å². The van der Waals surface area contributed by atoms with E-state index in [1.165, 1.54) is 0 Å². The van der Waals surface area contributed by atoms with Gasteiger partial charge in [-0.05, 0) is 19.4 Å². The van der Waals surface area contributed by atoms with Crippen LogP contribution in [0.1, 0.15) is 37.7 Å². The van der Waals surface area contributed by atoms with Crippen molar-refractivity contribution in [1.29, 1.82) is 0 Å². The van der Waals surface area contributed by atoms with Crippen LogP contribution in [-0.4, -0.2) is 21.9 Å². The zero-order chi connectivity index (χ0) is 14.0. The summed E-state index contributed by atoms with van der Waals surface area (Å²) in [5, 5.41) is 9.21. The molecule has 0 amide bonds. The van der Waals surface area contributed by atoms with Crippen molar-refractivity contribution in [2.45, 2.75) is 20.4 Å². The zero-order valence-electron chi connectivity index (χ0n) is 10.9. The average molecular weight is 257 g/mol. The van der Waals surface area contributed by atoms with Crippen LogP contribution in [-0.2, 0) is 6.54 Å². The minimum Gasteiger partial charge on any atom is -0.478 e. The van der Waals surface area contributed by atoms with Gasteiger partial charge in [0.05, 0.1) is 5.56 Å². The van der Waals surface area contributed by atoms with E-state index in [0.29, 0.717) is 24.2 Å². The van der Waals surface area contributed by atoms with Gasteiger partial charge in [-0.2, -0.15) is 0 Å². The maximum Gasteiger partial charge on any atom is 0.338 e. The van der Waals surface area contributed by atoms with Crippen molar-refractivity contribution >= 4 is 12.3 Å². The van der Waals surface area contributed by atoms with Gasteiger partial charge >= 0.3 is 5.97 Å². The smallest absolute Gasteiger partial charge is 0.338 e. The molecule has 0 atom stereocenters. The number of rotatable bonds is 4. The number of carbonyl (C=O) groups is 2. The second-order valence-corrected chi connectivity index (χ2v) is 4.45. The Morgan fingerprint density at radius 3 is 2.32 bits per heavy atom. The molecule has 0 unspecified atom stereocenters. The highest BCUT2D eigenvalue weighted by molar-refractivity contribution is 5.99. The number of carboxylic acid groups (broad SMARTS) is 1. The molecule has 0 radical (unpaired) electrons. The van der Waals surface area contributed by atoms with Crippen molar-refractivity contribution < 1.29 is 14.7 Å². The summed E-state index contributed by atoms with van der Waals surface area (Å²) in [6.45, 7) is 4.06. The first-order chi connectivity index (χ1) is 9.06. The maximum atomic E-state index is 11.2. The summed E-state index contributed by atoms with van der Waals surface area (Å²) in [6, 6.07) is 9.74. The summed E-state index contributed by atoms with van der Waals surface area (Å²) in [7, 11) is 0. The quantitative estimate of drug-likeness (QED) is 0.857. The maximum absolute atomic E-state index is 11.2. The monoisotopic (exact) mass is 257 g/mol. The Morgan fingerprint density at radius 2 is 1.84 bits per heavy atom. The lowest BCUT2D eigenvalue weighted by Crippen LogP contribution is -2.05. The Morgan fingerprint density at radius 1 is 1.21 bits per heavy atom. The van der Waals surface area contributed by atoms with E-state index in [2.05, 4.69) is 0 Å². The van der Waals surface area contributed by atoms with E-state index >= 15 is 0 Å². The first-order valence-corrected chi connectivity index (χ1v) is 5.98. The number of aromatic carboxylic acids is 1. The standard InChI is InChI=1S/C15H15NO3/c1-10-13(9-17)14(15(18)19)11(2)16(10)8-12-6-4-3-5-7-12/h3-7,9H,8H2,1-2H3,(H,18,19). The molecule has 0 bridgehead atoms. The SMILES string of the molecule is Cc1c(C=O)c(C(=O)O)c(C)n1Cc1ccccc1. The lowest BCUT2D eigenvalue weighted by molar-refractivity contribution is 0.0693. The van der Waals surface area contributed by atoms with E-state index in [1.54, 1.807) is 13.8 Å². The fraction of sp³-hybridized carbons (Fsp3) is 0.200. The summed E-state index contributed by atoms with van der Waals surface area (Å²) >= 11 is 0. The van der Waals surface area contributed by atoms with E-state index < -0.39 is 5.97 Å². The van der Waals surface area contributed by atoms with Crippen molar-refractivity contribution in [2.24, 2.45) is 0 Å². The molecule has 1 aromatic heterocycles. The molecule has 2 aromatic rings. The Labute approximate surface area is 111 Å². The van der Waals surface area contributed by atoms with E-state index in [1.807, 2.05) is 34.9 Å². The number of aromatic nitrogens is 1. The summed E-state index contributed by atoms with van der Waals surface area (Å²) < 4.78 is 1.86. The lowest BCUT2D eigenvalue weighted by atomic mass is 10.1. The van der Waals surface area contributed by atoms with Gasteiger partial charge in [-0.3, -0.25) is 4.79 Å². The minimum atomic E-state index is -1.06. The summed E-state index contributed by atoms with van der Waals surface area (Å²) in [4.78, 5) is 22.3. The van der Waals surface area contributed by atoms with Gasteiger partial charge in [0.2, 0.25) is 0 Å². The third-order valence-electron chi connectivity index (χ3n) is 3.35. The molecule has 1 aromatic carbocycles. The fourth-order valence-electron chi connectivity index (χ4n) is 2.33. The number of benzene rings is 1. The van der Waals surface area contributed by atoms with E-state index in [0.717, 1.165) is 5.56 Å². The third kappa shape index (κ3) is 2.29. The molecule has 0 aliphatic heterocycles. The molecule has 0 aliphatic carbocycles. The first-order valence-electron chi connectivity index (χ1n) is 5.98. The van der Waals surface area contributed by atoms with Gasteiger partial charge in [0, 0.05) is 23.5 Å². The van der Waals surface area contributed by atoms with Crippen LogP contribution in [0.2, 0.25) is 0 Å². The third-order valence-corrected chi connectivity index (χ3v) is 3.35. The highest BCUT2D eigenvalue weighted by Gasteiger charge is 2.22. The van der Waals surface area contributed by atoms with Gasteiger partial charge in [-0.25, -0.2) is 4.79 Å². The van der Waals surface area contributed by atoms with Crippen molar-refractivity contribution in [3.8, 4) is 0 Å². The van der Waals surface area contributed by atoms with Gasteiger partial charge in [-0.1, -0.05) is 30.3 Å². The van der Waals surface area contributed by atoms with Crippen LogP contribution < -0.4 is 0 Å². The Bertz CT molecular complexity index is 627. The number of carboxylic acids is 1. The van der Waals surface area contributed by atoms with Gasteiger partial charge in [0.1, 0.15) is 0 Å². The minimum absolute atomic E-state index is 0.100. The van der Waals surface area contributed by atoms with E-state index in [-0.39, 0.29) is 11.1 Å². The normalized spacial score (nSPS) is 10.4. The predicted molar refractivity (Wildman–Crippen MR) is 71.8 cm³/mol. The van der Waals surface area contributed by atoms with Crippen molar-refractivity contribution in [1.82, 2.24) is 4.57 Å². The number of nitrogens with zero attached hydrogens (tertiary/aromatic N) is 1. The molecule has 0 spiro atoms. The van der Waals surface area contributed by atoms with Gasteiger partial charge < -0.3 is 9.67 Å². The molecule has 0 aliphatic rings. The Hall–Kier alpha value is -2.36. The van der Waals surface area contributed by atoms with Crippen LogP contribution in [0.3, 0.4) is 0 Å². The average Bonchev–Trinajstić information content (AvgIpc) is 2.64. The van der Waals surface area contributed by atoms with Crippen LogP contribution >= 0.6 is 0 Å². The Balaban J connectivity index is 2.53. The van der Waals surface area contributed by atoms with Gasteiger partial charge in [-0.15, -0.1) is 0 Å². The van der Waals surface area contributed by atoms with Gasteiger partial charge in [0.15, 0.2) is 6.29 Å². The molecule has 4 nitrogen and oxygen atoms in total. The predicted octanol–water partition coefficient (Wildman–Crippen LogP) is 2.66. The van der Waals surface area contributed by atoms with Crippen LogP contribution in [0, 0.1) is 13.8 Å². The zero-order valence-corrected chi connectivity index (χ0v) is 10.9.